The van der Waals surface area contributed by atoms with Crippen molar-refractivity contribution in [1.29, 1.82) is 0 Å². The zero-order valence-corrected chi connectivity index (χ0v) is 15.7. The van der Waals surface area contributed by atoms with Crippen LogP contribution < -0.4 is 10.1 Å². The van der Waals surface area contributed by atoms with Gasteiger partial charge in [0.05, 0.1) is 6.61 Å². The number of pyridine rings is 1. The number of hydrogen-bond donors (Lipinski definition) is 1. The second-order valence-electron chi connectivity index (χ2n) is 5.81. The number of rotatable bonds is 10. The number of carbonyl (C=O) groups is 1. The Hall–Kier alpha value is -2.44. The van der Waals surface area contributed by atoms with Gasteiger partial charge in [-0.1, -0.05) is 26.0 Å². The van der Waals surface area contributed by atoms with Gasteiger partial charge in [0.1, 0.15) is 12.2 Å². The molecule has 0 saturated carbocycles. The van der Waals surface area contributed by atoms with E-state index in [-0.39, 0.29) is 5.91 Å². The van der Waals surface area contributed by atoms with Gasteiger partial charge in [0.25, 0.3) is 5.91 Å². The molecule has 0 saturated heterocycles. The van der Waals surface area contributed by atoms with Crippen LogP contribution in [0.2, 0.25) is 0 Å². The minimum atomic E-state index is -0.245. The summed E-state index contributed by atoms with van der Waals surface area (Å²) >= 11 is 0. The molecule has 6 heteroatoms. The third-order valence-corrected chi connectivity index (χ3v) is 4.03. The predicted octanol–water partition coefficient (Wildman–Crippen LogP) is 3.20. The topological polar surface area (TPSA) is 63.7 Å². The Morgan fingerprint density at radius 1 is 1.15 bits per heavy atom. The highest BCUT2D eigenvalue weighted by atomic mass is 16.5. The van der Waals surface area contributed by atoms with Crippen molar-refractivity contribution >= 4 is 11.6 Å². The predicted molar refractivity (Wildman–Crippen MR) is 103 cm³/mol. The van der Waals surface area contributed by atoms with E-state index in [1.807, 2.05) is 18.2 Å². The summed E-state index contributed by atoms with van der Waals surface area (Å²) in [6.45, 7) is 7.90. The lowest BCUT2D eigenvalue weighted by atomic mass is 10.1. The lowest BCUT2D eigenvalue weighted by Gasteiger charge is -2.18. The summed E-state index contributed by atoms with van der Waals surface area (Å²) in [4.78, 5) is 19.1. The van der Waals surface area contributed by atoms with E-state index < -0.39 is 0 Å². The molecule has 2 rings (SSSR count). The molecule has 1 N–H and O–H groups in total. The Labute approximate surface area is 155 Å². The molecule has 0 bridgehead atoms. The first-order valence-electron chi connectivity index (χ1n) is 8.87. The monoisotopic (exact) mass is 357 g/mol. The number of aromatic nitrogens is 1. The Morgan fingerprint density at radius 3 is 2.69 bits per heavy atom. The zero-order valence-electron chi connectivity index (χ0n) is 15.7. The third kappa shape index (κ3) is 5.82. The quantitative estimate of drug-likeness (QED) is 0.662. The van der Waals surface area contributed by atoms with Crippen LogP contribution in [0.5, 0.6) is 5.88 Å². The molecule has 0 spiro atoms. The first kappa shape index (κ1) is 19.9. The van der Waals surface area contributed by atoms with E-state index in [2.05, 4.69) is 35.1 Å². The number of nitrogens with zero attached hydrogens (tertiary/aromatic N) is 2. The molecule has 140 valence electrons. The fraction of sp³-hybridized carbons (Fsp3) is 0.400. The van der Waals surface area contributed by atoms with E-state index >= 15 is 0 Å². The molecule has 1 amide bonds. The number of hydrogen-bond acceptors (Lipinski definition) is 5. The Morgan fingerprint density at radius 2 is 1.96 bits per heavy atom. The summed E-state index contributed by atoms with van der Waals surface area (Å²) in [7, 11) is 1.60. The number of methoxy groups -OCH3 is 1. The molecule has 1 aromatic heterocycles. The van der Waals surface area contributed by atoms with Crippen LogP contribution in [0, 0.1) is 0 Å². The number of amides is 1. The van der Waals surface area contributed by atoms with Crippen LogP contribution in [0.3, 0.4) is 0 Å². The van der Waals surface area contributed by atoms with Gasteiger partial charge in [-0.25, -0.2) is 4.98 Å². The molecule has 0 aliphatic rings. The van der Waals surface area contributed by atoms with Gasteiger partial charge < -0.3 is 14.8 Å². The number of nitrogens with one attached hydrogen (secondary N) is 1. The highest BCUT2D eigenvalue weighted by Crippen LogP contribution is 2.18. The van der Waals surface area contributed by atoms with Crippen LogP contribution in [-0.4, -0.2) is 49.2 Å². The van der Waals surface area contributed by atoms with Crippen LogP contribution >= 0.6 is 0 Å². The number of benzene rings is 1. The summed E-state index contributed by atoms with van der Waals surface area (Å²) in [6, 6.07) is 11.3. The van der Waals surface area contributed by atoms with E-state index in [9.17, 15) is 4.79 Å². The van der Waals surface area contributed by atoms with E-state index in [0.717, 1.165) is 30.9 Å². The fourth-order valence-corrected chi connectivity index (χ4v) is 2.55. The van der Waals surface area contributed by atoms with Gasteiger partial charge in [0.15, 0.2) is 0 Å². The molecule has 2 aromatic rings. The maximum Gasteiger partial charge on any atom is 0.261 e. The van der Waals surface area contributed by atoms with E-state index in [4.69, 9.17) is 9.47 Å². The van der Waals surface area contributed by atoms with E-state index in [1.165, 1.54) is 0 Å². The molecule has 1 aromatic carbocycles. The van der Waals surface area contributed by atoms with Crippen molar-refractivity contribution in [2.24, 2.45) is 0 Å². The molecule has 0 fully saturated rings. The Bertz CT molecular complexity index is 702. The minimum absolute atomic E-state index is 0.245. The molecular weight excluding hydrogens is 330 g/mol. The van der Waals surface area contributed by atoms with Crippen LogP contribution in [0.25, 0.3) is 0 Å². The van der Waals surface area contributed by atoms with Gasteiger partial charge in [-0.2, -0.15) is 0 Å². The molecule has 6 nitrogen and oxygen atoms in total. The zero-order chi connectivity index (χ0) is 18.8. The minimum Gasteiger partial charge on any atom is -0.475 e. The molecule has 26 heavy (non-hydrogen) atoms. The van der Waals surface area contributed by atoms with Crippen molar-refractivity contribution in [3.63, 3.8) is 0 Å². The van der Waals surface area contributed by atoms with Crippen molar-refractivity contribution in [1.82, 2.24) is 9.88 Å². The smallest absolute Gasteiger partial charge is 0.261 e. The Kier molecular flexibility index (Phi) is 8.05. The molecule has 1 heterocycles. The highest BCUT2D eigenvalue weighted by Gasteiger charge is 2.14. The average Bonchev–Trinajstić information content (AvgIpc) is 2.67. The number of anilines is 1. The molecule has 0 unspecified atom stereocenters. The van der Waals surface area contributed by atoms with Gasteiger partial charge in [-0.15, -0.1) is 0 Å². The van der Waals surface area contributed by atoms with E-state index in [1.54, 1.807) is 25.4 Å². The second kappa shape index (κ2) is 10.5. The average molecular weight is 357 g/mol. The van der Waals surface area contributed by atoms with Crippen LogP contribution in [0.15, 0.2) is 42.6 Å². The summed E-state index contributed by atoms with van der Waals surface area (Å²) in [5, 5.41) is 2.93. The lowest BCUT2D eigenvalue weighted by molar-refractivity contribution is 0.101. The Balaban J connectivity index is 2.08. The van der Waals surface area contributed by atoms with Gasteiger partial charge >= 0.3 is 0 Å². The van der Waals surface area contributed by atoms with Crippen molar-refractivity contribution in [2.45, 2.75) is 20.4 Å². The largest absolute Gasteiger partial charge is 0.475 e. The fourth-order valence-electron chi connectivity index (χ4n) is 2.55. The van der Waals surface area contributed by atoms with Crippen molar-refractivity contribution in [3.05, 3.63) is 53.7 Å². The molecular formula is C20H27N3O3. The number of ether oxygens (including phenoxy) is 2. The maximum absolute atomic E-state index is 12.6. The third-order valence-electron chi connectivity index (χ3n) is 4.03. The molecule has 0 aliphatic carbocycles. The van der Waals surface area contributed by atoms with E-state index in [0.29, 0.717) is 24.7 Å². The van der Waals surface area contributed by atoms with Crippen molar-refractivity contribution in [2.75, 3.05) is 38.7 Å². The summed E-state index contributed by atoms with van der Waals surface area (Å²) in [5.74, 6) is 0.0619. The van der Waals surface area contributed by atoms with Gasteiger partial charge in [0.2, 0.25) is 5.88 Å². The van der Waals surface area contributed by atoms with Crippen LogP contribution in [0.4, 0.5) is 5.69 Å². The SMILES string of the molecule is CCN(CC)Cc1cccc(NC(=O)c2cccnc2OCCOC)c1. The molecule has 0 radical (unpaired) electrons. The standard InChI is InChI=1S/C20H27N3O3/c1-4-23(5-2)15-16-8-6-9-17(14-16)22-19(24)18-10-7-11-21-20(18)26-13-12-25-3/h6-11,14H,4-5,12-13,15H2,1-3H3,(H,22,24). The molecule has 0 aliphatic heterocycles. The van der Waals surface area contributed by atoms with Gasteiger partial charge in [-0.3, -0.25) is 9.69 Å². The molecule has 0 atom stereocenters. The summed E-state index contributed by atoms with van der Waals surface area (Å²) in [6.07, 6.45) is 1.60. The van der Waals surface area contributed by atoms with Gasteiger partial charge in [0, 0.05) is 25.5 Å². The van der Waals surface area contributed by atoms with Crippen molar-refractivity contribution in [3.8, 4) is 5.88 Å². The normalized spacial score (nSPS) is 10.8. The first-order valence-corrected chi connectivity index (χ1v) is 8.87. The first-order chi connectivity index (χ1) is 12.7. The van der Waals surface area contributed by atoms with Crippen molar-refractivity contribution < 1.29 is 14.3 Å². The lowest BCUT2D eigenvalue weighted by Crippen LogP contribution is -2.22. The van der Waals surface area contributed by atoms with Crippen LogP contribution in [-0.2, 0) is 11.3 Å². The number of carbonyl (C=O) groups excluding carboxylic acids is 1. The maximum atomic E-state index is 12.6. The summed E-state index contributed by atoms with van der Waals surface area (Å²) < 4.78 is 10.5. The highest BCUT2D eigenvalue weighted by molar-refractivity contribution is 6.05. The van der Waals surface area contributed by atoms with Crippen LogP contribution in [0.1, 0.15) is 29.8 Å². The van der Waals surface area contributed by atoms with Gasteiger partial charge in [-0.05, 0) is 42.9 Å². The second-order valence-corrected chi connectivity index (χ2v) is 5.81. The summed E-state index contributed by atoms with van der Waals surface area (Å²) in [5.41, 5.74) is 2.32.